The number of hydrogen-bond donors (Lipinski definition) is 1. The number of nitrogens with zero attached hydrogens (tertiary/aromatic N) is 1. The van der Waals surface area contributed by atoms with E-state index >= 15 is 0 Å². The van der Waals surface area contributed by atoms with Gasteiger partial charge in [0, 0.05) is 5.02 Å². The van der Waals surface area contributed by atoms with E-state index in [4.69, 9.17) is 11.6 Å². The molecule has 2 rings (SSSR count). The van der Waals surface area contributed by atoms with Crippen LogP contribution in [0.25, 0.3) is 0 Å². The maximum atomic E-state index is 12.7. The minimum absolute atomic E-state index is 0.242. The van der Waals surface area contributed by atoms with Gasteiger partial charge in [0.2, 0.25) is 15.9 Å². The summed E-state index contributed by atoms with van der Waals surface area (Å²) in [5.74, 6) is -0.386. The molecular formula is C19H23ClN2O3S. The predicted molar refractivity (Wildman–Crippen MR) is 106 cm³/mol. The molecule has 0 spiro atoms. The first-order valence-electron chi connectivity index (χ1n) is 8.22. The first-order valence-corrected chi connectivity index (χ1v) is 10.4. The summed E-state index contributed by atoms with van der Waals surface area (Å²) in [7, 11) is -3.68. The maximum Gasteiger partial charge on any atom is 0.244 e. The van der Waals surface area contributed by atoms with E-state index in [1.807, 2.05) is 44.2 Å². The van der Waals surface area contributed by atoms with E-state index in [-0.39, 0.29) is 11.9 Å². The van der Waals surface area contributed by atoms with Gasteiger partial charge in [-0.3, -0.25) is 9.10 Å². The fraction of sp³-hybridized carbons (Fsp3) is 0.316. The molecular weight excluding hydrogens is 372 g/mol. The van der Waals surface area contributed by atoms with Gasteiger partial charge in [-0.05, 0) is 44.0 Å². The van der Waals surface area contributed by atoms with Crippen molar-refractivity contribution in [2.24, 2.45) is 0 Å². The molecule has 7 heteroatoms. The van der Waals surface area contributed by atoms with Crippen molar-refractivity contribution in [2.45, 2.75) is 32.9 Å². The minimum Gasteiger partial charge on any atom is -0.348 e. The number of sulfonamides is 1. The lowest BCUT2D eigenvalue weighted by Gasteiger charge is -2.29. The van der Waals surface area contributed by atoms with Crippen LogP contribution in [0, 0.1) is 6.92 Å². The smallest absolute Gasteiger partial charge is 0.244 e. The van der Waals surface area contributed by atoms with Crippen molar-refractivity contribution in [1.82, 2.24) is 5.32 Å². The zero-order chi connectivity index (χ0) is 19.5. The highest BCUT2D eigenvalue weighted by Gasteiger charge is 2.30. The third-order valence-electron chi connectivity index (χ3n) is 4.16. The molecule has 140 valence electrons. The van der Waals surface area contributed by atoms with Crippen LogP contribution in [0.2, 0.25) is 5.02 Å². The summed E-state index contributed by atoms with van der Waals surface area (Å²) in [6, 6.07) is 13.3. The number of carbonyl (C=O) groups excluding carboxylic acids is 1. The second kappa shape index (κ2) is 8.10. The van der Waals surface area contributed by atoms with E-state index in [1.54, 1.807) is 25.1 Å². The Hall–Kier alpha value is -2.05. The molecule has 5 nitrogen and oxygen atoms in total. The van der Waals surface area contributed by atoms with Gasteiger partial charge in [-0.2, -0.15) is 0 Å². The van der Waals surface area contributed by atoms with Crippen LogP contribution in [0.1, 0.15) is 31.0 Å². The highest BCUT2D eigenvalue weighted by Crippen LogP contribution is 2.27. The Morgan fingerprint density at radius 3 is 2.27 bits per heavy atom. The van der Waals surface area contributed by atoms with Crippen LogP contribution in [-0.2, 0) is 14.8 Å². The molecule has 0 aromatic heterocycles. The van der Waals surface area contributed by atoms with Crippen LogP contribution < -0.4 is 9.62 Å². The van der Waals surface area contributed by atoms with E-state index in [2.05, 4.69) is 5.32 Å². The molecule has 0 aliphatic rings. The van der Waals surface area contributed by atoms with Crippen molar-refractivity contribution in [3.8, 4) is 0 Å². The SMILES string of the molecule is Cc1ccc(N([C@H](C)C(=O)N[C@H](C)c2ccccc2)S(C)(=O)=O)cc1Cl. The van der Waals surface area contributed by atoms with E-state index < -0.39 is 16.1 Å². The molecule has 26 heavy (non-hydrogen) atoms. The molecule has 0 unspecified atom stereocenters. The highest BCUT2D eigenvalue weighted by atomic mass is 35.5. The fourth-order valence-corrected chi connectivity index (χ4v) is 4.03. The van der Waals surface area contributed by atoms with Crippen molar-refractivity contribution < 1.29 is 13.2 Å². The van der Waals surface area contributed by atoms with Crippen molar-refractivity contribution in [3.05, 3.63) is 64.7 Å². The lowest BCUT2D eigenvalue weighted by Crippen LogP contribution is -2.48. The summed E-state index contributed by atoms with van der Waals surface area (Å²) in [4.78, 5) is 12.7. The summed E-state index contributed by atoms with van der Waals surface area (Å²) in [5, 5.41) is 3.31. The average molecular weight is 395 g/mol. The van der Waals surface area contributed by atoms with Crippen LogP contribution >= 0.6 is 11.6 Å². The second-order valence-corrected chi connectivity index (χ2v) is 8.58. The van der Waals surface area contributed by atoms with Crippen molar-refractivity contribution in [3.63, 3.8) is 0 Å². The van der Waals surface area contributed by atoms with E-state index in [0.29, 0.717) is 10.7 Å². The number of nitrogens with one attached hydrogen (secondary N) is 1. The Balaban J connectivity index is 2.27. The summed E-state index contributed by atoms with van der Waals surface area (Å²) in [6.07, 6.45) is 1.07. The molecule has 0 heterocycles. The number of rotatable bonds is 6. The van der Waals surface area contributed by atoms with Gasteiger partial charge in [0.1, 0.15) is 6.04 Å². The third kappa shape index (κ3) is 4.77. The lowest BCUT2D eigenvalue weighted by molar-refractivity contribution is -0.122. The van der Waals surface area contributed by atoms with E-state index in [1.165, 1.54) is 0 Å². The number of carbonyl (C=O) groups is 1. The van der Waals surface area contributed by atoms with Gasteiger partial charge < -0.3 is 5.32 Å². The average Bonchev–Trinajstić information content (AvgIpc) is 2.57. The molecule has 0 radical (unpaired) electrons. The molecule has 0 aliphatic heterocycles. The Morgan fingerprint density at radius 2 is 1.73 bits per heavy atom. The molecule has 1 amide bonds. The number of aryl methyl sites for hydroxylation is 1. The zero-order valence-corrected chi connectivity index (χ0v) is 16.8. The van der Waals surface area contributed by atoms with Gasteiger partial charge in [0.15, 0.2) is 0 Å². The zero-order valence-electron chi connectivity index (χ0n) is 15.2. The second-order valence-electron chi connectivity index (χ2n) is 6.31. The predicted octanol–water partition coefficient (Wildman–Crippen LogP) is 3.68. The monoisotopic (exact) mass is 394 g/mol. The first kappa shape index (κ1) is 20.3. The molecule has 2 aromatic carbocycles. The molecule has 0 saturated carbocycles. The number of benzene rings is 2. The number of hydrogen-bond acceptors (Lipinski definition) is 3. The van der Waals surface area contributed by atoms with Gasteiger partial charge in [-0.25, -0.2) is 8.42 Å². The molecule has 0 aliphatic carbocycles. The standard InChI is InChI=1S/C19H23ClN2O3S/c1-13-10-11-17(12-18(13)20)22(26(4,24)25)15(3)19(23)21-14(2)16-8-6-5-7-9-16/h5-12,14-15H,1-4H3,(H,21,23)/t14-,15-/m1/s1. The van der Waals surface area contributed by atoms with Gasteiger partial charge in [-0.1, -0.05) is 48.0 Å². The van der Waals surface area contributed by atoms with Crippen LogP contribution in [-0.4, -0.2) is 26.6 Å². The van der Waals surface area contributed by atoms with Gasteiger partial charge >= 0.3 is 0 Å². The Morgan fingerprint density at radius 1 is 1.12 bits per heavy atom. The normalized spacial score (nSPS) is 13.7. The third-order valence-corrected chi connectivity index (χ3v) is 5.81. The minimum atomic E-state index is -3.68. The highest BCUT2D eigenvalue weighted by molar-refractivity contribution is 7.92. The van der Waals surface area contributed by atoms with Crippen LogP contribution in [0.15, 0.2) is 48.5 Å². The Kier molecular flexibility index (Phi) is 6.31. The van der Waals surface area contributed by atoms with Crippen molar-refractivity contribution in [2.75, 3.05) is 10.6 Å². The number of anilines is 1. The topological polar surface area (TPSA) is 66.5 Å². The molecule has 2 atom stereocenters. The number of amides is 1. The summed E-state index contributed by atoms with van der Waals surface area (Å²) >= 11 is 6.13. The molecule has 0 fully saturated rings. The molecule has 1 N–H and O–H groups in total. The first-order chi connectivity index (χ1) is 12.1. The van der Waals surface area contributed by atoms with E-state index in [0.717, 1.165) is 21.7 Å². The number of halogens is 1. The van der Waals surface area contributed by atoms with E-state index in [9.17, 15) is 13.2 Å². The largest absolute Gasteiger partial charge is 0.348 e. The molecule has 2 aromatic rings. The summed E-state index contributed by atoms with van der Waals surface area (Å²) in [6.45, 7) is 5.24. The summed E-state index contributed by atoms with van der Waals surface area (Å²) in [5.41, 5.74) is 2.13. The van der Waals surface area contributed by atoms with Crippen molar-refractivity contribution in [1.29, 1.82) is 0 Å². The molecule has 0 saturated heterocycles. The quantitative estimate of drug-likeness (QED) is 0.812. The maximum absolute atomic E-state index is 12.7. The summed E-state index contributed by atoms with van der Waals surface area (Å²) < 4.78 is 25.8. The van der Waals surface area contributed by atoms with Gasteiger partial charge in [0.25, 0.3) is 0 Å². The molecule has 0 bridgehead atoms. The van der Waals surface area contributed by atoms with Crippen LogP contribution in [0.4, 0.5) is 5.69 Å². The van der Waals surface area contributed by atoms with Gasteiger partial charge in [0.05, 0.1) is 18.0 Å². The Bertz CT molecular complexity index is 885. The lowest BCUT2D eigenvalue weighted by atomic mass is 10.1. The van der Waals surface area contributed by atoms with Crippen LogP contribution in [0.3, 0.4) is 0 Å². The fourth-order valence-electron chi connectivity index (χ4n) is 2.69. The van der Waals surface area contributed by atoms with Crippen LogP contribution in [0.5, 0.6) is 0 Å². The Labute approximate surface area is 160 Å². The van der Waals surface area contributed by atoms with Crippen molar-refractivity contribution >= 4 is 33.2 Å². The van der Waals surface area contributed by atoms with Gasteiger partial charge in [-0.15, -0.1) is 0 Å².